The molecule has 0 aliphatic carbocycles. The van der Waals surface area contributed by atoms with Crippen LogP contribution >= 0.6 is 0 Å². The second-order valence-corrected chi connectivity index (χ2v) is 2.84. The summed E-state index contributed by atoms with van der Waals surface area (Å²) in [5, 5.41) is 8.54. The minimum absolute atomic E-state index is 0.380. The van der Waals surface area contributed by atoms with Crippen LogP contribution in [0.15, 0.2) is 6.07 Å². The van der Waals surface area contributed by atoms with Gasteiger partial charge in [-0.05, 0) is 6.07 Å². The lowest BCUT2D eigenvalue weighted by Crippen LogP contribution is -2.20. The number of nitrogens with two attached hydrogens (primary N) is 1. The van der Waals surface area contributed by atoms with Crippen molar-refractivity contribution in [3.63, 3.8) is 0 Å². The Morgan fingerprint density at radius 1 is 1.53 bits per heavy atom. The van der Waals surface area contributed by atoms with Gasteiger partial charge in [-0.25, -0.2) is 9.78 Å². The molecule has 1 rings (SSSR count). The number of hydrogen-bond acceptors (Lipinski definition) is 4. The fourth-order valence-electron chi connectivity index (χ4n) is 1.01. The molecule has 9 heteroatoms. The Morgan fingerprint density at radius 3 is 2.53 bits per heavy atom. The summed E-state index contributed by atoms with van der Waals surface area (Å²) in [4.78, 5) is 13.4. The second-order valence-electron chi connectivity index (χ2n) is 2.84. The van der Waals surface area contributed by atoms with Gasteiger partial charge in [-0.15, -0.1) is 13.2 Å². The summed E-state index contributed by atoms with van der Waals surface area (Å²) in [7, 11) is 0. The predicted molar refractivity (Wildman–Crippen MR) is 45.7 cm³/mol. The molecule has 5 nitrogen and oxygen atoms in total. The smallest absolute Gasteiger partial charge is 0.476 e. The summed E-state index contributed by atoms with van der Waals surface area (Å²) in [5.74, 6) is -4.20. The van der Waals surface area contributed by atoms with Crippen molar-refractivity contribution in [2.24, 2.45) is 5.73 Å². The standard InChI is InChI=1S/C8H6F4N2O3/c9-6-3(2-13)1-4(17-8(10,11)12)5(14-6)7(15)16/h1H,2,13H2,(H,15,16). The van der Waals surface area contributed by atoms with Crippen molar-refractivity contribution in [3.05, 3.63) is 23.3 Å². The first-order valence-electron chi connectivity index (χ1n) is 4.13. The lowest BCUT2D eigenvalue weighted by Gasteiger charge is -2.12. The first-order chi connectivity index (χ1) is 7.74. The summed E-state index contributed by atoms with van der Waals surface area (Å²) < 4.78 is 52.3. The third-order valence-corrected chi connectivity index (χ3v) is 1.66. The van der Waals surface area contributed by atoms with Gasteiger partial charge in [0.25, 0.3) is 0 Å². The Bertz CT molecular complexity index is 447. The van der Waals surface area contributed by atoms with Crippen molar-refractivity contribution in [3.8, 4) is 5.75 Å². The van der Waals surface area contributed by atoms with E-state index in [0.717, 1.165) is 0 Å². The number of hydrogen-bond donors (Lipinski definition) is 2. The van der Waals surface area contributed by atoms with E-state index in [-0.39, 0.29) is 5.56 Å². The van der Waals surface area contributed by atoms with Gasteiger partial charge in [-0.1, -0.05) is 0 Å². The topological polar surface area (TPSA) is 85.4 Å². The Balaban J connectivity index is 3.29. The van der Waals surface area contributed by atoms with E-state index in [0.29, 0.717) is 6.07 Å². The van der Waals surface area contributed by atoms with Crippen molar-refractivity contribution in [2.45, 2.75) is 12.9 Å². The van der Waals surface area contributed by atoms with Crippen LogP contribution in [0.25, 0.3) is 0 Å². The number of ether oxygens (including phenoxy) is 1. The monoisotopic (exact) mass is 254 g/mol. The molecule has 0 amide bonds. The molecule has 0 radical (unpaired) electrons. The van der Waals surface area contributed by atoms with Crippen molar-refractivity contribution >= 4 is 5.97 Å². The zero-order valence-corrected chi connectivity index (χ0v) is 8.08. The molecule has 0 saturated carbocycles. The van der Waals surface area contributed by atoms with Crippen LogP contribution in [-0.2, 0) is 6.54 Å². The average Bonchev–Trinajstić information content (AvgIpc) is 2.17. The van der Waals surface area contributed by atoms with Crippen LogP contribution < -0.4 is 10.5 Å². The number of pyridine rings is 1. The molecule has 1 heterocycles. The first kappa shape index (κ1) is 13.2. The summed E-state index contributed by atoms with van der Waals surface area (Å²) >= 11 is 0. The van der Waals surface area contributed by atoms with Crippen molar-refractivity contribution in [1.29, 1.82) is 0 Å². The Labute approximate surface area is 91.8 Å². The molecule has 0 saturated heterocycles. The van der Waals surface area contributed by atoms with Crippen molar-refractivity contribution < 1.29 is 32.2 Å². The Kier molecular flexibility index (Phi) is 3.51. The lowest BCUT2D eigenvalue weighted by molar-refractivity contribution is -0.274. The summed E-state index contributed by atoms with van der Waals surface area (Å²) in [6.07, 6.45) is -5.10. The van der Waals surface area contributed by atoms with Crippen LogP contribution in [0, 0.1) is 5.95 Å². The number of rotatable bonds is 3. The molecule has 17 heavy (non-hydrogen) atoms. The number of aromatic nitrogens is 1. The fraction of sp³-hybridized carbons (Fsp3) is 0.250. The molecule has 3 N–H and O–H groups in total. The van der Waals surface area contributed by atoms with E-state index >= 15 is 0 Å². The average molecular weight is 254 g/mol. The summed E-state index contributed by atoms with van der Waals surface area (Å²) in [6, 6.07) is 0.555. The molecule has 0 aliphatic heterocycles. The van der Waals surface area contributed by atoms with Crippen LogP contribution in [0.5, 0.6) is 5.75 Å². The number of carboxylic acids is 1. The van der Waals surface area contributed by atoms with Crippen LogP contribution in [0.4, 0.5) is 17.6 Å². The molecular weight excluding hydrogens is 248 g/mol. The quantitative estimate of drug-likeness (QED) is 0.626. The van der Waals surface area contributed by atoms with Gasteiger partial charge in [0.05, 0.1) is 0 Å². The maximum atomic E-state index is 13.0. The maximum Gasteiger partial charge on any atom is 0.573 e. The van der Waals surface area contributed by atoms with Gasteiger partial charge in [-0.2, -0.15) is 4.39 Å². The van der Waals surface area contributed by atoms with Gasteiger partial charge in [-0.3, -0.25) is 0 Å². The minimum atomic E-state index is -5.10. The molecule has 0 aliphatic rings. The normalized spacial score (nSPS) is 11.4. The summed E-state index contributed by atoms with van der Waals surface area (Å²) in [6.45, 7) is -0.438. The zero-order valence-electron chi connectivity index (χ0n) is 8.08. The maximum absolute atomic E-state index is 13.0. The van der Waals surface area contributed by atoms with E-state index in [2.05, 4.69) is 9.72 Å². The number of alkyl halides is 3. The first-order valence-corrected chi connectivity index (χ1v) is 4.13. The molecule has 0 spiro atoms. The molecule has 0 fully saturated rings. The number of carbonyl (C=O) groups is 1. The minimum Gasteiger partial charge on any atom is -0.476 e. The molecule has 1 aromatic heterocycles. The van der Waals surface area contributed by atoms with Crippen molar-refractivity contribution in [1.82, 2.24) is 4.98 Å². The SMILES string of the molecule is NCc1cc(OC(F)(F)F)c(C(=O)O)nc1F. The van der Waals surface area contributed by atoms with Crippen LogP contribution in [0.3, 0.4) is 0 Å². The van der Waals surface area contributed by atoms with E-state index in [9.17, 15) is 22.4 Å². The largest absolute Gasteiger partial charge is 0.573 e. The number of aromatic carboxylic acids is 1. The van der Waals surface area contributed by atoms with Gasteiger partial charge >= 0.3 is 12.3 Å². The molecule has 0 unspecified atom stereocenters. The van der Waals surface area contributed by atoms with E-state index < -0.39 is 36.3 Å². The van der Waals surface area contributed by atoms with Crippen LogP contribution in [0.2, 0.25) is 0 Å². The van der Waals surface area contributed by atoms with Crippen molar-refractivity contribution in [2.75, 3.05) is 0 Å². The van der Waals surface area contributed by atoms with Gasteiger partial charge in [0.15, 0.2) is 11.4 Å². The molecular formula is C8H6F4N2O3. The van der Waals surface area contributed by atoms with E-state index in [1.54, 1.807) is 0 Å². The highest BCUT2D eigenvalue weighted by Gasteiger charge is 2.34. The van der Waals surface area contributed by atoms with Gasteiger partial charge in [0.1, 0.15) is 0 Å². The number of halogens is 4. The van der Waals surface area contributed by atoms with E-state index in [1.165, 1.54) is 0 Å². The van der Waals surface area contributed by atoms with E-state index in [1.807, 2.05) is 0 Å². The number of carboxylic acid groups (broad SMARTS) is 1. The highest BCUT2D eigenvalue weighted by molar-refractivity contribution is 5.88. The molecule has 1 aromatic rings. The van der Waals surface area contributed by atoms with Gasteiger partial charge in [0.2, 0.25) is 5.95 Å². The van der Waals surface area contributed by atoms with Gasteiger partial charge < -0.3 is 15.6 Å². The third kappa shape index (κ3) is 3.28. The predicted octanol–water partition coefficient (Wildman–Crippen LogP) is 1.28. The zero-order chi connectivity index (χ0) is 13.2. The highest BCUT2D eigenvalue weighted by Crippen LogP contribution is 2.27. The third-order valence-electron chi connectivity index (χ3n) is 1.66. The lowest BCUT2D eigenvalue weighted by atomic mass is 10.2. The Hall–Kier alpha value is -1.90. The van der Waals surface area contributed by atoms with E-state index in [4.69, 9.17) is 10.8 Å². The second kappa shape index (κ2) is 4.53. The van der Waals surface area contributed by atoms with Crippen LogP contribution in [0.1, 0.15) is 16.1 Å². The van der Waals surface area contributed by atoms with Crippen LogP contribution in [-0.4, -0.2) is 22.4 Å². The molecule has 0 aromatic carbocycles. The highest BCUT2D eigenvalue weighted by atomic mass is 19.4. The fourth-order valence-corrected chi connectivity index (χ4v) is 1.01. The number of nitrogens with zero attached hydrogens (tertiary/aromatic N) is 1. The Morgan fingerprint density at radius 2 is 2.12 bits per heavy atom. The molecule has 0 atom stereocenters. The van der Waals surface area contributed by atoms with Gasteiger partial charge in [0, 0.05) is 12.1 Å². The summed E-state index contributed by atoms with van der Waals surface area (Å²) in [5.41, 5.74) is 3.50. The molecule has 0 bridgehead atoms. The molecule has 94 valence electrons.